The first-order valence-corrected chi connectivity index (χ1v) is 9.79. The molecule has 1 N–H and O–H groups in total. The maximum absolute atomic E-state index is 12.9. The van der Waals surface area contributed by atoms with Gasteiger partial charge in [0.2, 0.25) is 0 Å². The Bertz CT molecular complexity index is 823. The van der Waals surface area contributed by atoms with Gasteiger partial charge in [0, 0.05) is 24.3 Å². The predicted molar refractivity (Wildman–Crippen MR) is 107 cm³/mol. The molecule has 0 spiro atoms. The van der Waals surface area contributed by atoms with Gasteiger partial charge < -0.3 is 15.0 Å². The largest absolute Gasteiger partial charge is 0.462 e. The molecule has 7 heteroatoms. The van der Waals surface area contributed by atoms with Crippen LogP contribution in [0.15, 0.2) is 36.7 Å². The van der Waals surface area contributed by atoms with Crippen LogP contribution in [0.2, 0.25) is 0 Å². The Labute approximate surface area is 165 Å². The number of esters is 1. The summed E-state index contributed by atoms with van der Waals surface area (Å²) in [6, 6.07) is 8.87. The zero-order valence-electron chi connectivity index (χ0n) is 16.4. The van der Waals surface area contributed by atoms with Gasteiger partial charge in [0.15, 0.2) is 0 Å². The van der Waals surface area contributed by atoms with Gasteiger partial charge in [-0.05, 0) is 56.9 Å². The van der Waals surface area contributed by atoms with Gasteiger partial charge in [-0.25, -0.2) is 14.8 Å². The zero-order valence-corrected chi connectivity index (χ0v) is 16.4. The fourth-order valence-electron chi connectivity index (χ4n) is 3.43. The average Bonchev–Trinajstić information content (AvgIpc) is 2.74. The van der Waals surface area contributed by atoms with E-state index in [0.717, 1.165) is 31.5 Å². The van der Waals surface area contributed by atoms with Crippen LogP contribution in [0.3, 0.4) is 0 Å². The SMILES string of the molecule is CCOC(=O)c1ccc(Nc2cc(C(=O)N3CCCCC3CC)ncn2)cc1. The van der Waals surface area contributed by atoms with E-state index in [-0.39, 0.29) is 17.9 Å². The molecule has 3 rings (SSSR count). The van der Waals surface area contributed by atoms with Crippen LogP contribution in [0.1, 0.15) is 60.4 Å². The van der Waals surface area contributed by atoms with E-state index in [4.69, 9.17) is 4.74 Å². The van der Waals surface area contributed by atoms with Crippen LogP contribution in [0.4, 0.5) is 11.5 Å². The standard InChI is InChI=1S/C21H26N4O3/c1-3-17-7-5-6-12-25(17)20(26)18-13-19(23-14-22-18)24-16-10-8-15(9-11-16)21(27)28-4-2/h8-11,13-14,17H,3-7,12H2,1-2H3,(H,22,23,24). The van der Waals surface area contributed by atoms with Gasteiger partial charge in [0.25, 0.3) is 5.91 Å². The second-order valence-corrected chi connectivity index (χ2v) is 6.77. The summed E-state index contributed by atoms with van der Waals surface area (Å²) in [5.41, 5.74) is 1.64. The summed E-state index contributed by atoms with van der Waals surface area (Å²) < 4.78 is 4.98. The lowest BCUT2D eigenvalue weighted by Crippen LogP contribution is -2.43. The van der Waals surface area contributed by atoms with Crippen molar-refractivity contribution in [1.29, 1.82) is 0 Å². The monoisotopic (exact) mass is 382 g/mol. The van der Waals surface area contributed by atoms with E-state index in [1.165, 1.54) is 12.7 Å². The number of aromatic nitrogens is 2. The molecule has 1 aromatic heterocycles. The molecule has 0 aliphatic carbocycles. The van der Waals surface area contributed by atoms with Gasteiger partial charge in [-0.1, -0.05) is 6.92 Å². The Balaban J connectivity index is 1.71. The van der Waals surface area contributed by atoms with Crippen LogP contribution < -0.4 is 5.32 Å². The van der Waals surface area contributed by atoms with Crippen molar-refractivity contribution in [1.82, 2.24) is 14.9 Å². The third-order valence-corrected chi connectivity index (χ3v) is 4.91. The molecule has 1 aliphatic heterocycles. The van der Waals surface area contributed by atoms with E-state index in [2.05, 4.69) is 22.2 Å². The Hall–Kier alpha value is -2.96. The number of benzene rings is 1. The molecule has 0 saturated carbocycles. The fourth-order valence-corrected chi connectivity index (χ4v) is 3.43. The maximum atomic E-state index is 12.9. The van der Waals surface area contributed by atoms with E-state index in [0.29, 0.717) is 23.7 Å². The van der Waals surface area contributed by atoms with E-state index >= 15 is 0 Å². The van der Waals surface area contributed by atoms with Gasteiger partial charge in [-0.3, -0.25) is 4.79 Å². The van der Waals surface area contributed by atoms with Gasteiger partial charge in [0.1, 0.15) is 17.8 Å². The number of nitrogens with zero attached hydrogens (tertiary/aromatic N) is 3. The fraction of sp³-hybridized carbons (Fsp3) is 0.429. The molecule has 0 radical (unpaired) electrons. The van der Waals surface area contributed by atoms with Crippen molar-refractivity contribution < 1.29 is 14.3 Å². The number of carbonyl (C=O) groups is 2. The van der Waals surface area contributed by atoms with Crippen molar-refractivity contribution in [3.05, 3.63) is 47.9 Å². The second-order valence-electron chi connectivity index (χ2n) is 6.77. The highest BCUT2D eigenvalue weighted by Crippen LogP contribution is 2.22. The first-order valence-electron chi connectivity index (χ1n) is 9.79. The molecule has 28 heavy (non-hydrogen) atoms. The molecule has 148 valence electrons. The molecular formula is C21H26N4O3. The molecule has 2 heterocycles. The van der Waals surface area contributed by atoms with E-state index in [1.807, 2.05) is 4.90 Å². The summed E-state index contributed by atoms with van der Waals surface area (Å²) in [6.45, 7) is 5.00. The number of amides is 1. The average molecular weight is 382 g/mol. The summed E-state index contributed by atoms with van der Waals surface area (Å²) in [7, 11) is 0. The summed E-state index contributed by atoms with van der Waals surface area (Å²) in [5.74, 6) is 0.137. The summed E-state index contributed by atoms with van der Waals surface area (Å²) in [4.78, 5) is 35.0. The number of hydrogen-bond acceptors (Lipinski definition) is 6. The molecule has 0 bridgehead atoms. The predicted octanol–water partition coefficient (Wildman–Crippen LogP) is 3.80. The molecule has 2 aromatic rings. The quantitative estimate of drug-likeness (QED) is 0.765. The van der Waals surface area contributed by atoms with Gasteiger partial charge >= 0.3 is 5.97 Å². The lowest BCUT2D eigenvalue weighted by atomic mass is 9.99. The van der Waals surface area contributed by atoms with Crippen LogP contribution in [0.5, 0.6) is 0 Å². The zero-order chi connectivity index (χ0) is 19.9. The molecule has 1 aromatic carbocycles. The number of ether oxygens (including phenoxy) is 1. The Morgan fingerprint density at radius 3 is 2.68 bits per heavy atom. The van der Waals surface area contributed by atoms with Crippen LogP contribution in [0.25, 0.3) is 0 Å². The van der Waals surface area contributed by atoms with Crippen molar-refractivity contribution in [2.24, 2.45) is 0 Å². The Morgan fingerprint density at radius 2 is 1.96 bits per heavy atom. The van der Waals surface area contributed by atoms with Crippen molar-refractivity contribution in [3.63, 3.8) is 0 Å². The Kier molecular flexibility index (Phi) is 6.57. The van der Waals surface area contributed by atoms with Gasteiger partial charge in [-0.15, -0.1) is 0 Å². The number of piperidine rings is 1. The molecular weight excluding hydrogens is 356 g/mol. The number of hydrogen-bond donors (Lipinski definition) is 1. The van der Waals surface area contributed by atoms with Crippen molar-refractivity contribution in [2.75, 3.05) is 18.5 Å². The number of likely N-dealkylation sites (tertiary alicyclic amines) is 1. The van der Waals surface area contributed by atoms with E-state index in [1.54, 1.807) is 37.3 Å². The highest BCUT2D eigenvalue weighted by molar-refractivity contribution is 5.93. The summed E-state index contributed by atoms with van der Waals surface area (Å²) in [5, 5.41) is 3.15. The van der Waals surface area contributed by atoms with Gasteiger partial charge in [-0.2, -0.15) is 0 Å². The van der Waals surface area contributed by atoms with Crippen LogP contribution in [0, 0.1) is 0 Å². The first-order chi connectivity index (χ1) is 13.6. The molecule has 7 nitrogen and oxygen atoms in total. The van der Waals surface area contributed by atoms with E-state index in [9.17, 15) is 9.59 Å². The number of nitrogens with one attached hydrogen (secondary N) is 1. The minimum Gasteiger partial charge on any atom is -0.462 e. The third kappa shape index (κ3) is 4.65. The first kappa shape index (κ1) is 19.8. The highest BCUT2D eigenvalue weighted by atomic mass is 16.5. The lowest BCUT2D eigenvalue weighted by molar-refractivity contribution is 0.0525. The van der Waals surface area contributed by atoms with E-state index < -0.39 is 0 Å². The van der Waals surface area contributed by atoms with Gasteiger partial charge in [0.05, 0.1) is 12.2 Å². The Morgan fingerprint density at radius 1 is 1.18 bits per heavy atom. The van der Waals surface area contributed by atoms with Crippen molar-refractivity contribution in [2.45, 2.75) is 45.6 Å². The highest BCUT2D eigenvalue weighted by Gasteiger charge is 2.27. The maximum Gasteiger partial charge on any atom is 0.338 e. The molecule has 1 atom stereocenters. The molecule has 1 saturated heterocycles. The number of carbonyl (C=O) groups excluding carboxylic acids is 2. The minimum absolute atomic E-state index is 0.0466. The summed E-state index contributed by atoms with van der Waals surface area (Å²) >= 11 is 0. The third-order valence-electron chi connectivity index (χ3n) is 4.91. The molecule has 1 unspecified atom stereocenters. The lowest BCUT2D eigenvalue weighted by Gasteiger charge is -2.35. The second kappa shape index (κ2) is 9.30. The van der Waals surface area contributed by atoms with Crippen LogP contribution in [-0.4, -0.2) is 45.9 Å². The molecule has 1 fully saturated rings. The topological polar surface area (TPSA) is 84.4 Å². The smallest absolute Gasteiger partial charge is 0.338 e. The number of anilines is 2. The van der Waals surface area contributed by atoms with Crippen molar-refractivity contribution >= 4 is 23.4 Å². The van der Waals surface area contributed by atoms with Crippen LogP contribution >= 0.6 is 0 Å². The van der Waals surface area contributed by atoms with Crippen LogP contribution in [-0.2, 0) is 4.74 Å². The number of rotatable bonds is 6. The normalized spacial score (nSPS) is 16.5. The minimum atomic E-state index is -0.351. The summed E-state index contributed by atoms with van der Waals surface area (Å²) in [6.07, 6.45) is 5.60. The molecule has 1 aliphatic rings. The molecule has 1 amide bonds. The van der Waals surface area contributed by atoms with Crippen molar-refractivity contribution in [3.8, 4) is 0 Å².